The van der Waals surface area contributed by atoms with Gasteiger partial charge >= 0.3 is 0 Å². The van der Waals surface area contributed by atoms with Crippen molar-refractivity contribution in [1.29, 1.82) is 0 Å². The summed E-state index contributed by atoms with van der Waals surface area (Å²) in [5, 5.41) is 0.386. The van der Waals surface area contributed by atoms with E-state index in [2.05, 4.69) is 15.0 Å². The standard InChI is InChI=1S/C20H12F2N4O/c21-13-4-5-14(16(22)9-13)11-3-6-17-15(8-11)18(19(23)27)26-20(25-17)12-2-1-7-24-10-12/h1-10H,(H2,23,27). The Bertz CT molecular complexity index is 1180. The Labute approximate surface area is 152 Å². The summed E-state index contributed by atoms with van der Waals surface area (Å²) in [6.45, 7) is 0. The van der Waals surface area contributed by atoms with Crippen molar-refractivity contribution in [2.24, 2.45) is 5.73 Å². The zero-order chi connectivity index (χ0) is 19.0. The van der Waals surface area contributed by atoms with E-state index in [4.69, 9.17) is 5.73 Å². The lowest BCUT2D eigenvalue weighted by Gasteiger charge is -2.09. The number of fused-ring (bicyclic) bond motifs is 1. The zero-order valence-corrected chi connectivity index (χ0v) is 13.9. The number of primary amides is 1. The number of hydrogen-bond donors (Lipinski definition) is 1. The van der Waals surface area contributed by atoms with E-state index in [0.29, 0.717) is 27.9 Å². The fraction of sp³-hybridized carbons (Fsp3) is 0. The molecule has 2 aromatic carbocycles. The van der Waals surface area contributed by atoms with Crippen LogP contribution in [0.5, 0.6) is 0 Å². The number of benzene rings is 2. The predicted octanol–water partition coefficient (Wildman–Crippen LogP) is 3.74. The van der Waals surface area contributed by atoms with Gasteiger partial charge in [0.05, 0.1) is 5.52 Å². The Morgan fingerprint density at radius 2 is 1.81 bits per heavy atom. The number of nitrogens with two attached hydrogens (primary N) is 1. The number of carbonyl (C=O) groups excluding carboxylic acids is 1. The monoisotopic (exact) mass is 362 g/mol. The number of halogens is 2. The number of nitrogens with zero attached hydrogens (tertiary/aromatic N) is 3. The molecular formula is C20H12F2N4O. The third kappa shape index (κ3) is 3.10. The minimum absolute atomic E-state index is 0.0169. The lowest BCUT2D eigenvalue weighted by atomic mass is 10.0. The molecule has 0 aliphatic heterocycles. The average Bonchev–Trinajstić information content (AvgIpc) is 2.67. The number of amides is 1. The van der Waals surface area contributed by atoms with E-state index in [0.717, 1.165) is 6.07 Å². The normalized spacial score (nSPS) is 10.9. The minimum Gasteiger partial charge on any atom is -0.364 e. The van der Waals surface area contributed by atoms with Crippen molar-refractivity contribution in [3.8, 4) is 22.5 Å². The molecule has 0 aliphatic carbocycles. The first-order valence-corrected chi connectivity index (χ1v) is 8.00. The summed E-state index contributed by atoms with van der Waals surface area (Å²) in [6, 6.07) is 11.6. The summed E-state index contributed by atoms with van der Waals surface area (Å²) < 4.78 is 27.3. The van der Waals surface area contributed by atoms with E-state index < -0.39 is 17.5 Å². The van der Waals surface area contributed by atoms with Gasteiger partial charge in [-0.2, -0.15) is 0 Å². The maximum absolute atomic E-state index is 14.1. The number of aromatic nitrogens is 3. The molecule has 4 aromatic rings. The SMILES string of the molecule is NC(=O)c1nc(-c2cccnc2)nc2ccc(-c3ccc(F)cc3F)cc12. The van der Waals surface area contributed by atoms with Crippen LogP contribution in [0.1, 0.15) is 10.5 Å². The van der Waals surface area contributed by atoms with E-state index in [-0.39, 0.29) is 11.3 Å². The van der Waals surface area contributed by atoms with Gasteiger partial charge in [-0.1, -0.05) is 6.07 Å². The van der Waals surface area contributed by atoms with Crippen LogP contribution in [0.2, 0.25) is 0 Å². The fourth-order valence-electron chi connectivity index (χ4n) is 2.83. The Morgan fingerprint density at radius 3 is 2.52 bits per heavy atom. The van der Waals surface area contributed by atoms with Gasteiger partial charge in [0.25, 0.3) is 5.91 Å². The summed E-state index contributed by atoms with van der Waals surface area (Å²) >= 11 is 0. The molecule has 2 heterocycles. The van der Waals surface area contributed by atoms with Gasteiger partial charge in [-0.3, -0.25) is 9.78 Å². The molecular weight excluding hydrogens is 350 g/mol. The second-order valence-corrected chi connectivity index (χ2v) is 5.86. The maximum Gasteiger partial charge on any atom is 0.268 e. The smallest absolute Gasteiger partial charge is 0.268 e. The molecule has 2 N–H and O–H groups in total. The van der Waals surface area contributed by atoms with Gasteiger partial charge in [0.1, 0.15) is 17.3 Å². The molecule has 0 bridgehead atoms. The van der Waals surface area contributed by atoms with Crippen molar-refractivity contribution in [1.82, 2.24) is 15.0 Å². The van der Waals surface area contributed by atoms with Crippen LogP contribution in [-0.4, -0.2) is 20.9 Å². The van der Waals surface area contributed by atoms with Gasteiger partial charge < -0.3 is 5.73 Å². The number of hydrogen-bond acceptors (Lipinski definition) is 4. The third-order valence-corrected chi connectivity index (χ3v) is 4.09. The lowest BCUT2D eigenvalue weighted by molar-refractivity contribution is 0.0997. The summed E-state index contributed by atoms with van der Waals surface area (Å²) in [5.74, 6) is -1.79. The van der Waals surface area contributed by atoms with E-state index in [1.54, 1.807) is 42.7 Å². The van der Waals surface area contributed by atoms with Crippen LogP contribution in [0.4, 0.5) is 8.78 Å². The molecule has 0 saturated heterocycles. The summed E-state index contributed by atoms with van der Waals surface area (Å²) in [4.78, 5) is 24.7. The van der Waals surface area contributed by atoms with Crippen LogP contribution in [0.3, 0.4) is 0 Å². The van der Waals surface area contributed by atoms with Crippen LogP contribution < -0.4 is 5.73 Å². The Kier molecular flexibility index (Phi) is 4.04. The molecule has 0 radical (unpaired) electrons. The number of rotatable bonds is 3. The van der Waals surface area contributed by atoms with E-state index in [9.17, 15) is 13.6 Å². The molecule has 0 saturated carbocycles. The van der Waals surface area contributed by atoms with Crippen molar-refractivity contribution in [2.45, 2.75) is 0 Å². The van der Waals surface area contributed by atoms with Gasteiger partial charge in [-0.05, 0) is 42.0 Å². The second kappa shape index (κ2) is 6.53. The summed E-state index contributed by atoms with van der Waals surface area (Å²) in [7, 11) is 0. The highest BCUT2D eigenvalue weighted by molar-refractivity contribution is 6.05. The minimum atomic E-state index is -0.732. The first-order valence-electron chi connectivity index (χ1n) is 8.00. The third-order valence-electron chi connectivity index (χ3n) is 4.09. The molecule has 1 amide bonds. The van der Waals surface area contributed by atoms with E-state index in [1.165, 1.54) is 12.1 Å². The van der Waals surface area contributed by atoms with Gasteiger partial charge in [-0.15, -0.1) is 0 Å². The average molecular weight is 362 g/mol. The van der Waals surface area contributed by atoms with Crippen LogP contribution in [0, 0.1) is 11.6 Å². The first kappa shape index (κ1) is 16.7. The van der Waals surface area contributed by atoms with Gasteiger partial charge in [0.15, 0.2) is 5.82 Å². The van der Waals surface area contributed by atoms with Gasteiger partial charge in [0.2, 0.25) is 0 Å². The van der Waals surface area contributed by atoms with Gasteiger partial charge in [-0.25, -0.2) is 18.7 Å². The fourth-order valence-corrected chi connectivity index (χ4v) is 2.83. The molecule has 0 aliphatic rings. The molecule has 132 valence electrons. The highest BCUT2D eigenvalue weighted by Gasteiger charge is 2.15. The van der Waals surface area contributed by atoms with Crippen LogP contribution in [-0.2, 0) is 0 Å². The molecule has 2 aromatic heterocycles. The Hall–Kier alpha value is -3.74. The second-order valence-electron chi connectivity index (χ2n) is 5.86. The maximum atomic E-state index is 14.1. The first-order chi connectivity index (χ1) is 13.0. The van der Waals surface area contributed by atoms with Crippen LogP contribution in [0.25, 0.3) is 33.4 Å². The van der Waals surface area contributed by atoms with Crippen LogP contribution in [0.15, 0.2) is 60.9 Å². The number of pyridine rings is 1. The zero-order valence-electron chi connectivity index (χ0n) is 13.9. The number of carbonyl (C=O) groups is 1. The van der Waals surface area contributed by atoms with Crippen LogP contribution >= 0.6 is 0 Å². The Morgan fingerprint density at radius 1 is 0.963 bits per heavy atom. The largest absolute Gasteiger partial charge is 0.364 e. The molecule has 7 heteroatoms. The topological polar surface area (TPSA) is 81.8 Å². The molecule has 27 heavy (non-hydrogen) atoms. The van der Waals surface area contributed by atoms with E-state index >= 15 is 0 Å². The summed E-state index contributed by atoms with van der Waals surface area (Å²) in [6.07, 6.45) is 3.19. The highest BCUT2D eigenvalue weighted by Crippen LogP contribution is 2.29. The van der Waals surface area contributed by atoms with Crippen molar-refractivity contribution in [3.05, 3.63) is 78.3 Å². The molecule has 0 unspecified atom stereocenters. The van der Waals surface area contributed by atoms with Crippen molar-refractivity contribution in [3.63, 3.8) is 0 Å². The predicted molar refractivity (Wildman–Crippen MR) is 96.6 cm³/mol. The lowest BCUT2D eigenvalue weighted by Crippen LogP contribution is -2.15. The molecule has 0 atom stereocenters. The summed E-state index contributed by atoms with van der Waals surface area (Å²) in [5.41, 5.74) is 7.28. The van der Waals surface area contributed by atoms with E-state index in [1.807, 2.05) is 0 Å². The molecule has 0 spiro atoms. The van der Waals surface area contributed by atoms with Crippen molar-refractivity contribution in [2.75, 3.05) is 0 Å². The van der Waals surface area contributed by atoms with Gasteiger partial charge in [0, 0.05) is 35.0 Å². The highest BCUT2D eigenvalue weighted by atomic mass is 19.1. The Balaban J connectivity index is 1.93. The molecule has 0 fully saturated rings. The molecule has 5 nitrogen and oxygen atoms in total. The molecule has 4 rings (SSSR count). The quantitative estimate of drug-likeness (QED) is 0.602. The van der Waals surface area contributed by atoms with Crippen molar-refractivity contribution >= 4 is 16.8 Å². The van der Waals surface area contributed by atoms with Crippen molar-refractivity contribution < 1.29 is 13.6 Å².